The predicted octanol–water partition coefficient (Wildman–Crippen LogP) is 22.2. The summed E-state index contributed by atoms with van der Waals surface area (Å²) in [5.41, 5.74) is 0. The maximum absolute atomic E-state index is 12.8. The molecular weight excluding hydrogens is 901 g/mol. The summed E-state index contributed by atoms with van der Waals surface area (Å²) >= 11 is 0. The van der Waals surface area contributed by atoms with Crippen LogP contribution in [0.25, 0.3) is 0 Å². The quantitative estimate of drug-likeness (QED) is 0.0261. The molecule has 0 N–H and O–H groups in total. The smallest absolute Gasteiger partial charge is 0.306 e. The van der Waals surface area contributed by atoms with E-state index in [0.29, 0.717) is 19.3 Å². The summed E-state index contributed by atoms with van der Waals surface area (Å²) in [6.07, 6.45) is 75.2. The third-order valence-corrected chi connectivity index (χ3v) is 15.0. The first-order valence-electron chi connectivity index (χ1n) is 32.8. The number of allylic oxidation sites excluding steroid dienone is 4. The van der Waals surface area contributed by atoms with Crippen molar-refractivity contribution < 1.29 is 28.6 Å². The van der Waals surface area contributed by atoms with E-state index in [1.807, 2.05) is 0 Å². The second-order valence-corrected chi connectivity index (χ2v) is 22.4. The number of rotatable bonds is 61. The van der Waals surface area contributed by atoms with Gasteiger partial charge in [-0.05, 0) is 51.4 Å². The minimum Gasteiger partial charge on any atom is -0.462 e. The molecule has 73 heavy (non-hydrogen) atoms. The van der Waals surface area contributed by atoms with Crippen LogP contribution in [0.4, 0.5) is 0 Å². The van der Waals surface area contributed by atoms with Gasteiger partial charge in [-0.1, -0.05) is 321 Å². The lowest BCUT2D eigenvalue weighted by molar-refractivity contribution is -0.167. The van der Waals surface area contributed by atoms with Crippen molar-refractivity contribution >= 4 is 17.9 Å². The number of hydrogen-bond donors (Lipinski definition) is 0. The standard InChI is InChI=1S/C67H126O6/c1-4-7-10-13-16-19-22-23-24-25-26-27-28-29-30-31-32-33-34-35-36-37-38-39-40-41-42-43-44-45-46-49-51-54-57-60-66(69)72-63-64(73-67(70)61-58-55-52-48-21-18-15-12-9-6-3)62-71-65(68)59-56-53-50-47-20-17-14-11-8-5-2/h22-23,25-26,64H,4-21,24,27-63H2,1-3H3/b23-22-,26-25-. The number of ether oxygens (including phenoxy) is 3. The molecule has 0 aromatic rings. The van der Waals surface area contributed by atoms with Gasteiger partial charge in [0.15, 0.2) is 6.10 Å². The van der Waals surface area contributed by atoms with Gasteiger partial charge in [-0.3, -0.25) is 14.4 Å². The maximum atomic E-state index is 12.8. The summed E-state index contributed by atoms with van der Waals surface area (Å²) in [6.45, 7) is 6.65. The zero-order valence-corrected chi connectivity index (χ0v) is 49.4. The third kappa shape index (κ3) is 60.6. The molecule has 1 atom stereocenters. The van der Waals surface area contributed by atoms with E-state index in [9.17, 15) is 14.4 Å². The molecule has 0 bridgehead atoms. The van der Waals surface area contributed by atoms with Gasteiger partial charge in [0, 0.05) is 19.3 Å². The fourth-order valence-corrected chi connectivity index (χ4v) is 10.0. The Balaban J connectivity index is 3.89. The summed E-state index contributed by atoms with van der Waals surface area (Å²) in [6, 6.07) is 0. The molecule has 1 unspecified atom stereocenters. The lowest BCUT2D eigenvalue weighted by atomic mass is 10.0. The molecule has 0 radical (unpaired) electrons. The van der Waals surface area contributed by atoms with Crippen molar-refractivity contribution in [2.75, 3.05) is 13.2 Å². The van der Waals surface area contributed by atoms with Gasteiger partial charge < -0.3 is 14.2 Å². The van der Waals surface area contributed by atoms with Gasteiger partial charge in [0.2, 0.25) is 0 Å². The van der Waals surface area contributed by atoms with E-state index in [0.717, 1.165) is 64.2 Å². The van der Waals surface area contributed by atoms with Crippen molar-refractivity contribution in [3.63, 3.8) is 0 Å². The number of unbranched alkanes of at least 4 members (excludes halogenated alkanes) is 46. The van der Waals surface area contributed by atoms with E-state index in [1.165, 1.54) is 263 Å². The Morgan fingerprint density at radius 3 is 0.753 bits per heavy atom. The molecule has 0 rings (SSSR count). The second kappa shape index (κ2) is 62.4. The highest BCUT2D eigenvalue weighted by Crippen LogP contribution is 2.18. The fraction of sp³-hybridized carbons (Fsp3) is 0.896. The van der Waals surface area contributed by atoms with E-state index < -0.39 is 6.10 Å². The molecule has 0 aromatic carbocycles. The predicted molar refractivity (Wildman–Crippen MR) is 316 cm³/mol. The lowest BCUT2D eigenvalue weighted by Crippen LogP contribution is -2.30. The summed E-state index contributed by atoms with van der Waals surface area (Å²) in [7, 11) is 0. The van der Waals surface area contributed by atoms with Crippen LogP contribution in [0.3, 0.4) is 0 Å². The van der Waals surface area contributed by atoms with Crippen LogP contribution in [0.1, 0.15) is 367 Å². The second-order valence-electron chi connectivity index (χ2n) is 22.4. The molecule has 0 amide bonds. The first kappa shape index (κ1) is 70.9. The Bertz CT molecular complexity index is 1180. The van der Waals surface area contributed by atoms with E-state index >= 15 is 0 Å². The van der Waals surface area contributed by atoms with Crippen molar-refractivity contribution in [1.29, 1.82) is 0 Å². The lowest BCUT2D eigenvalue weighted by Gasteiger charge is -2.18. The van der Waals surface area contributed by atoms with Gasteiger partial charge in [0.1, 0.15) is 13.2 Å². The number of esters is 3. The van der Waals surface area contributed by atoms with E-state index in [4.69, 9.17) is 14.2 Å². The van der Waals surface area contributed by atoms with Crippen molar-refractivity contribution in [2.24, 2.45) is 0 Å². The van der Waals surface area contributed by atoms with Gasteiger partial charge in [-0.25, -0.2) is 0 Å². The first-order valence-corrected chi connectivity index (χ1v) is 32.8. The average Bonchev–Trinajstić information content (AvgIpc) is 3.39. The number of carbonyl (C=O) groups excluding carboxylic acids is 3. The number of carbonyl (C=O) groups is 3. The first-order chi connectivity index (χ1) is 36.0. The highest BCUT2D eigenvalue weighted by atomic mass is 16.6. The summed E-state index contributed by atoms with van der Waals surface area (Å²) in [4.78, 5) is 38.0. The average molecular weight is 1030 g/mol. The Hall–Kier alpha value is -2.11. The minimum atomic E-state index is -0.762. The van der Waals surface area contributed by atoms with Gasteiger partial charge in [-0.15, -0.1) is 0 Å². The van der Waals surface area contributed by atoms with Crippen LogP contribution in [0.5, 0.6) is 0 Å². The minimum absolute atomic E-state index is 0.0638. The van der Waals surface area contributed by atoms with E-state index in [2.05, 4.69) is 45.1 Å². The summed E-state index contributed by atoms with van der Waals surface area (Å²) < 4.78 is 16.8. The van der Waals surface area contributed by atoms with Crippen LogP contribution >= 0.6 is 0 Å². The van der Waals surface area contributed by atoms with Crippen molar-refractivity contribution in [1.82, 2.24) is 0 Å². The van der Waals surface area contributed by atoms with Crippen LogP contribution in [0.2, 0.25) is 0 Å². The molecule has 0 saturated carbocycles. The molecule has 0 aliphatic heterocycles. The van der Waals surface area contributed by atoms with E-state index in [-0.39, 0.29) is 31.1 Å². The van der Waals surface area contributed by atoms with Gasteiger partial charge in [0.05, 0.1) is 0 Å². The van der Waals surface area contributed by atoms with Gasteiger partial charge >= 0.3 is 17.9 Å². The molecule has 0 spiro atoms. The topological polar surface area (TPSA) is 78.9 Å². The normalized spacial score (nSPS) is 12.1. The van der Waals surface area contributed by atoms with Crippen molar-refractivity contribution in [3.8, 4) is 0 Å². The Kier molecular flexibility index (Phi) is 60.6. The molecule has 0 aromatic heterocycles. The highest BCUT2D eigenvalue weighted by molar-refractivity contribution is 5.71. The van der Waals surface area contributed by atoms with Crippen LogP contribution in [-0.4, -0.2) is 37.2 Å². The number of hydrogen-bond acceptors (Lipinski definition) is 6. The van der Waals surface area contributed by atoms with Gasteiger partial charge in [-0.2, -0.15) is 0 Å². The van der Waals surface area contributed by atoms with Crippen LogP contribution < -0.4 is 0 Å². The monoisotopic (exact) mass is 1030 g/mol. The molecule has 0 fully saturated rings. The van der Waals surface area contributed by atoms with Crippen molar-refractivity contribution in [3.05, 3.63) is 24.3 Å². The van der Waals surface area contributed by atoms with E-state index in [1.54, 1.807) is 0 Å². The van der Waals surface area contributed by atoms with Crippen LogP contribution in [0, 0.1) is 0 Å². The SMILES string of the molecule is CCCCCCC/C=C\C/C=C\CCCCCCCCCCCCCCCCCCCCCCCCCC(=O)OCC(COC(=O)CCCCCCCCCCCC)OC(=O)CCCCCCCCCCCC. The fourth-order valence-electron chi connectivity index (χ4n) is 10.0. The molecule has 0 heterocycles. The summed E-state index contributed by atoms with van der Waals surface area (Å²) in [5, 5.41) is 0. The van der Waals surface area contributed by atoms with Gasteiger partial charge in [0.25, 0.3) is 0 Å². The Morgan fingerprint density at radius 1 is 0.274 bits per heavy atom. The Labute approximate surface area is 455 Å². The molecule has 430 valence electrons. The molecular formula is C67H126O6. The zero-order chi connectivity index (χ0) is 52.9. The zero-order valence-electron chi connectivity index (χ0n) is 49.4. The molecule has 0 saturated heterocycles. The molecule has 0 aliphatic carbocycles. The molecule has 6 nitrogen and oxygen atoms in total. The maximum Gasteiger partial charge on any atom is 0.306 e. The van der Waals surface area contributed by atoms with Crippen LogP contribution in [-0.2, 0) is 28.6 Å². The molecule has 0 aliphatic rings. The molecule has 6 heteroatoms. The largest absolute Gasteiger partial charge is 0.462 e. The highest BCUT2D eigenvalue weighted by Gasteiger charge is 2.19. The third-order valence-electron chi connectivity index (χ3n) is 15.0. The summed E-state index contributed by atoms with van der Waals surface area (Å²) in [5.74, 6) is -0.844. The van der Waals surface area contributed by atoms with Crippen LogP contribution in [0.15, 0.2) is 24.3 Å². The Morgan fingerprint density at radius 2 is 0.493 bits per heavy atom. The van der Waals surface area contributed by atoms with Crippen molar-refractivity contribution in [2.45, 2.75) is 374 Å².